The maximum Gasteiger partial charge on any atom is 0.284 e. The second-order valence-electron chi connectivity index (χ2n) is 10.2. The molecule has 4 aromatic rings. The van der Waals surface area contributed by atoms with Gasteiger partial charge in [0.2, 0.25) is 16.0 Å². The number of nitrogens with one attached hydrogen (secondary N) is 1. The molecule has 1 aliphatic carbocycles. The van der Waals surface area contributed by atoms with Gasteiger partial charge >= 0.3 is 0 Å². The van der Waals surface area contributed by atoms with Crippen LogP contribution in [0.25, 0.3) is 11.0 Å². The topological polar surface area (TPSA) is 162 Å². The number of piperidine rings is 1. The van der Waals surface area contributed by atoms with Gasteiger partial charge in [-0.05, 0) is 49.4 Å². The minimum Gasteiger partial charge on any atom is -0.351 e. The van der Waals surface area contributed by atoms with Crippen LogP contribution >= 0.6 is 0 Å². The van der Waals surface area contributed by atoms with Crippen molar-refractivity contribution < 1.29 is 16.8 Å². The van der Waals surface area contributed by atoms with E-state index in [-0.39, 0.29) is 29.0 Å². The summed E-state index contributed by atoms with van der Waals surface area (Å²) in [5.74, 6) is 1.14. The van der Waals surface area contributed by atoms with Crippen molar-refractivity contribution in [3.63, 3.8) is 0 Å². The highest BCUT2D eigenvalue weighted by molar-refractivity contribution is 7.89. The Bertz CT molecular complexity index is 1840. The average molecular weight is 585 g/mol. The third-order valence-electron chi connectivity index (χ3n) is 7.22. The van der Waals surface area contributed by atoms with E-state index in [0.29, 0.717) is 54.3 Å². The summed E-state index contributed by atoms with van der Waals surface area (Å²) >= 11 is 0. The number of sulfonamides is 1. The van der Waals surface area contributed by atoms with Crippen molar-refractivity contribution in [2.75, 3.05) is 24.7 Å². The molecule has 4 heterocycles. The Morgan fingerprint density at radius 1 is 0.950 bits per heavy atom. The lowest BCUT2D eigenvalue weighted by Gasteiger charge is -2.30. The van der Waals surface area contributed by atoms with E-state index < -0.39 is 20.0 Å². The number of nitrogens with zero attached hydrogens (tertiary/aromatic N) is 7. The Morgan fingerprint density at radius 3 is 2.35 bits per heavy atom. The molecular weight excluding hydrogens is 556 g/mol. The van der Waals surface area contributed by atoms with E-state index in [2.05, 4.69) is 25.4 Å². The van der Waals surface area contributed by atoms with Gasteiger partial charge in [0.05, 0.1) is 17.7 Å². The van der Waals surface area contributed by atoms with E-state index in [1.54, 1.807) is 24.4 Å². The fraction of sp³-hybridized carbons (Fsp3) is 0.400. The van der Waals surface area contributed by atoms with Gasteiger partial charge in [-0.1, -0.05) is 12.1 Å². The van der Waals surface area contributed by atoms with Crippen molar-refractivity contribution in [2.45, 2.75) is 49.1 Å². The summed E-state index contributed by atoms with van der Waals surface area (Å²) in [5.41, 5.74) is 0.892. The number of hydrogen-bond donors (Lipinski definition) is 1. The maximum atomic E-state index is 13.0. The first-order valence-corrected chi connectivity index (χ1v) is 16.2. The number of pyridine rings is 1. The molecule has 3 aromatic heterocycles. The summed E-state index contributed by atoms with van der Waals surface area (Å²) < 4.78 is 53.5. The third kappa shape index (κ3) is 5.36. The number of hydrogen-bond acceptors (Lipinski definition) is 10. The molecule has 15 heteroatoms. The molecule has 0 amide bonds. The minimum atomic E-state index is -3.88. The molecule has 0 unspecified atom stereocenters. The van der Waals surface area contributed by atoms with Crippen LogP contribution in [0.1, 0.15) is 43.0 Å². The number of aromatic nitrogens is 6. The molecule has 0 bridgehead atoms. The second-order valence-corrected chi connectivity index (χ2v) is 14.0. The Hall–Kier alpha value is -3.69. The normalized spacial score (nSPS) is 17.3. The Morgan fingerprint density at radius 2 is 1.68 bits per heavy atom. The second kappa shape index (κ2) is 10.1. The molecule has 6 rings (SSSR count). The quantitative estimate of drug-likeness (QED) is 0.320. The Balaban J connectivity index is 1.21. The zero-order chi connectivity index (χ0) is 28.1. The molecule has 2 fully saturated rings. The SMILES string of the molecule is CS(=O)(=O)N1CCC(Nc2ncc3ccc(=O)n(Cc4ccc(S(=O)(=O)n5cnc(C6CC6)n5)cc4)c3n2)CC1. The first-order chi connectivity index (χ1) is 19.1. The lowest BCUT2D eigenvalue weighted by molar-refractivity contribution is 0.331. The molecule has 1 saturated heterocycles. The molecule has 0 radical (unpaired) electrons. The van der Waals surface area contributed by atoms with Crippen LogP contribution in [0.4, 0.5) is 5.95 Å². The number of anilines is 1. The molecule has 210 valence electrons. The molecule has 13 nitrogen and oxygen atoms in total. The van der Waals surface area contributed by atoms with Crippen LogP contribution in [0.15, 0.2) is 58.6 Å². The smallest absolute Gasteiger partial charge is 0.284 e. The predicted octanol–water partition coefficient (Wildman–Crippen LogP) is 1.38. The van der Waals surface area contributed by atoms with Gasteiger partial charge in [-0.15, -0.1) is 9.19 Å². The first-order valence-electron chi connectivity index (χ1n) is 12.9. The van der Waals surface area contributed by atoms with Crippen LogP contribution < -0.4 is 10.9 Å². The van der Waals surface area contributed by atoms with E-state index in [4.69, 9.17) is 0 Å². The van der Waals surface area contributed by atoms with E-state index in [1.165, 1.54) is 39.7 Å². The van der Waals surface area contributed by atoms with Crippen LogP contribution in [0.3, 0.4) is 0 Å². The Kier molecular flexibility index (Phi) is 6.67. The predicted molar refractivity (Wildman–Crippen MR) is 147 cm³/mol. The molecule has 1 N–H and O–H groups in total. The fourth-order valence-corrected chi connectivity index (χ4v) is 6.70. The van der Waals surface area contributed by atoms with E-state index in [0.717, 1.165) is 16.9 Å². The van der Waals surface area contributed by atoms with Gasteiger partial charge in [0.25, 0.3) is 15.6 Å². The molecular formula is C25H28N8O5S2. The van der Waals surface area contributed by atoms with E-state index in [9.17, 15) is 21.6 Å². The number of rotatable bonds is 8. The molecule has 1 aliphatic heterocycles. The summed E-state index contributed by atoms with van der Waals surface area (Å²) in [6.45, 7) is 1.01. The minimum absolute atomic E-state index is 0.000770. The third-order valence-corrected chi connectivity index (χ3v) is 10.1. The molecule has 40 heavy (non-hydrogen) atoms. The van der Waals surface area contributed by atoms with Gasteiger partial charge in [-0.2, -0.15) is 13.4 Å². The molecule has 1 aromatic carbocycles. The largest absolute Gasteiger partial charge is 0.351 e. The van der Waals surface area contributed by atoms with Crippen LogP contribution in [0, 0.1) is 0 Å². The monoisotopic (exact) mass is 584 g/mol. The number of fused-ring (bicyclic) bond motifs is 1. The Labute approximate surface area is 231 Å². The van der Waals surface area contributed by atoms with Gasteiger partial charge in [-0.3, -0.25) is 9.36 Å². The fourth-order valence-electron chi connectivity index (χ4n) is 4.77. The summed E-state index contributed by atoms with van der Waals surface area (Å²) in [5, 5.41) is 8.09. The van der Waals surface area contributed by atoms with Gasteiger partial charge in [-0.25, -0.2) is 22.7 Å². The van der Waals surface area contributed by atoms with Crippen molar-refractivity contribution in [2.24, 2.45) is 0 Å². The highest BCUT2D eigenvalue weighted by Crippen LogP contribution is 2.37. The van der Waals surface area contributed by atoms with Crippen molar-refractivity contribution in [1.29, 1.82) is 0 Å². The summed E-state index contributed by atoms with van der Waals surface area (Å²) in [7, 11) is -7.10. The first kappa shape index (κ1) is 26.5. The van der Waals surface area contributed by atoms with Crippen LogP contribution in [0.2, 0.25) is 0 Å². The molecule has 0 atom stereocenters. The lowest BCUT2D eigenvalue weighted by atomic mass is 10.1. The average Bonchev–Trinajstić information content (AvgIpc) is 3.66. The lowest BCUT2D eigenvalue weighted by Crippen LogP contribution is -2.42. The van der Waals surface area contributed by atoms with Crippen molar-refractivity contribution in [3.8, 4) is 0 Å². The van der Waals surface area contributed by atoms with E-state index >= 15 is 0 Å². The molecule has 0 spiro atoms. The van der Waals surface area contributed by atoms with Gasteiger partial charge in [0.15, 0.2) is 5.82 Å². The highest BCUT2D eigenvalue weighted by atomic mass is 32.2. The van der Waals surface area contributed by atoms with Gasteiger partial charge in [0.1, 0.15) is 12.0 Å². The summed E-state index contributed by atoms with van der Waals surface area (Å²) in [6, 6.07) is 9.40. The molecule has 1 saturated carbocycles. The van der Waals surface area contributed by atoms with Gasteiger partial charge < -0.3 is 5.32 Å². The standard InChI is InChI=1S/C25H28N8O5S2/c1-39(35,36)31-12-10-20(11-13-31)28-25-26-14-19-6-9-22(34)32(24(19)29-25)15-17-2-7-21(8-3-17)40(37,38)33-16-27-23(30-33)18-4-5-18/h2-3,6-9,14,16,18,20H,4-5,10-13,15H2,1H3,(H,26,28,29). The maximum absolute atomic E-state index is 13.0. The van der Waals surface area contributed by atoms with Crippen LogP contribution in [0.5, 0.6) is 0 Å². The van der Waals surface area contributed by atoms with E-state index in [1.807, 2.05) is 0 Å². The number of benzene rings is 1. The molecule has 2 aliphatic rings. The van der Waals surface area contributed by atoms with Crippen LogP contribution in [-0.2, 0) is 26.6 Å². The zero-order valence-corrected chi connectivity index (χ0v) is 23.3. The van der Waals surface area contributed by atoms with Gasteiger partial charge in [0, 0.05) is 42.7 Å². The highest BCUT2D eigenvalue weighted by Gasteiger charge is 2.29. The zero-order valence-electron chi connectivity index (χ0n) is 21.7. The van der Waals surface area contributed by atoms with Crippen molar-refractivity contribution in [3.05, 3.63) is 70.7 Å². The van der Waals surface area contributed by atoms with Crippen LogP contribution in [-0.4, -0.2) is 75.2 Å². The van der Waals surface area contributed by atoms with Crippen molar-refractivity contribution >= 4 is 37.0 Å². The summed E-state index contributed by atoms with van der Waals surface area (Å²) in [6.07, 6.45) is 7.24. The summed E-state index contributed by atoms with van der Waals surface area (Å²) in [4.78, 5) is 26.0. The van der Waals surface area contributed by atoms with Crippen molar-refractivity contribution in [1.82, 2.24) is 33.0 Å².